The van der Waals surface area contributed by atoms with Gasteiger partial charge < -0.3 is 20.2 Å². The van der Waals surface area contributed by atoms with E-state index < -0.39 is 23.5 Å². The quantitative estimate of drug-likeness (QED) is 0.765. The van der Waals surface area contributed by atoms with Crippen molar-refractivity contribution < 1.29 is 29.7 Å². The average Bonchev–Trinajstić information content (AvgIpc) is 2.51. The van der Waals surface area contributed by atoms with Crippen LogP contribution in [-0.4, -0.2) is 57.3 Å². The topological polar surface area (TPSA) is 115 Å². The van der Waals surface area contributed by atoms with Gasteiger partial charge in [-0.25, -0.2) is 14.4 Å². The van der Waals surface area contributed by atoms with E-state index in [0.717, 1.165) is 6.07 Å². The van der Waals surface area contributed by atoms with Crippen molar-refractivity contribution in [3.05, 3.63) is 34.4 Å². The van der Waals surface area contributed by atoms with Crippen LogP contribution in [0.5, 0.6) is 0 Å². The van der Waals surface area contributed by atoms with Crippen molar-refractivity contribution in [2.75, 3.05) is 13.6 Å². The summed E-state index contributed by atoms with van der Waals surface area (Å²) in [4.78, 5) is 37.2. The molecule has 1 saturated heterocycles. The zero-order valence-electron chi connectivity index (χ0n) is 14.7. The summed E-state index contributed by atoms with van der Waals surface area (Å²) in [5.74, 6) is -4.47. The molecule has 0 radical (unpaired) electrons. The zero-order chi connectivity index (χ0) is 19.1. The van der Waals surface area contributed by atoms with Crippen LogP contribution in [0.2, 0.25) is 0 Å². The lowest BCUT2D eigenvalue weighted by Gasteiger charge is -2.49. The van der Waals surface area contributed by atoms with Crippen molar-refractivity contribution in [1.29, 1.82) is 0 Å². The van der Waals surface area contributed by atoms with E-state index in [1.807, 2.05) is 27.8 Å². The highest BCUT2D eigenvalue weighted by Gasteiger charge is 2.43. The van der Waals surface area contributed by atoms with Crippen molar-refractivity contribution in [3.63, 3.8) is 0 Å². The summed E-state index contributed by atoms with van der Waals surface area (Å²) in [6, 6.07) is 2.26. The second-order valence-electron chi connectivity index (χ2n) is 7.12. The highest BCUT2D eigenvalue weighted by Crippen LogP contribution is 2.44. The minimum absolute atomic E-state index is 0.0634. The van der Waals surface area contributed by atoms with Crippen LogP contribution in [-0.2, 0) is 0 Å². The second kappa shape index (κ2) is 6.48. The molecule has 0 spiro atoms. The third kappa shape index (κ3) is 3.11. The Morgan fingerprint density at radius 3 is 2.04 bits per heavy atom. The van der Waals surface area contributed by atoms with Gasteiger partial charge in [0, 0.05) is 5.54 Å². The molecule has 3 N–H and O–H groups in total. The highest BCUT2D eigenvalue weighted by atomic mass is 16.4. The second-order valence-corrected chi connectivity index (χ2v) is 7.12. The number of carboxylic acid groups (broad SMARTS) is 3. The van der Waals surface area contributed by atoms with Crippen molar-refractivity contribution in [1.82, 2.24) is 4.90 Å². The Hall–Kier alpha value is -2.41. The predicted molar refractivity (Wildman–Crippen MR) is 90.6 cm³/mol. The SMILES string of the molecule is CC1C(c2c(C(=O)O)ccc(C(=O)O)c2C(=O)O)CCN(C)C1(C)C. The van der Waals surface area contributed by atoms with Gasteiger partial charge in [-0.3, -0.25) is 0 Å². The number of benzene rings is 1. The Bertz CT molecular complexity index is 739. The number of carboxylic acids is 3. The van der Waals surface area contributed by atoms with Crippen LogP contribution in [0.15, 0.2) is 12.1 Å². The van der Waals surface area contributed by atoms with Gasteiger partial charge in [0.05, 0.1) is 16.7 Å². The molecule has 0 amide bonds. The molecular formula is C18H23NO6. The maximum atomic E-state index is 11.8. The minimum Gasteiger partial charge on any atom is -0.478 e. The molecule has 136 valence electrons. The molecule has 25 heavy (non-hydrogen) atoms. The lowest BCUT2D eigenvalue weighted by atomic mass is 9.68. The van der Waals surface area contributed by atoms with Gasteiger partial charge >= 0.3 is 17.9 Å². The van der Waals surface area contributed by atoms with Crippen LogP contribution in [0.3, 0.4) is 0 Å². The van der Waals surface area contributed by atoms with Gasteiger partial charge in [0.15, 0.2) is 0 Å². The first-order valence-corrected chi connectivity index (χ1v) is 8.08. The maximum absolute atomic E-state index is 11.8. The van der Waals surface area contributed by atoms with Crippen molar-refractivity contribution >= 4 is 17.9 Å². The zero-order valence-corrected chi connectivity index (χ0v) is 14.7. The van der Waals surface area contributed by atoms with Crippen LogP contribution < -0.4 is 0 Å². The van der Waals surface area contributed by atoms with Crippen LogP contribution in [0.1, 0.15) is 69.7 Å². The van der Waals surface area contributed by atoms with Crippen LogP contribution in [0.25, 0.3) is 0 Å². The number of rotatable bonds is 4. The highest BCUT2D eigenvalue weighted by molar-refractivity contribution is 6.05. The summed E-state index contributed by atoms with van der Waals surface area (Å²) < 4.78 is 0. The Kier molecular flexibility index (Phi) is 4.90. The van der Waals surface area contributed by atoms with Gasteiger partial charge in [-0.2, -0.15) is 0 Å². The molecule has 7 heteroatoms. The summed E-state index contributed by atoms with van der Waals surface area (Å²) in [7, 11) is 1.97. The molecule has 1 aliphatic heterocycles. The summed E-state index contributed by atoms with van der Waals surface area (Å²) in [6.45, 7) is 6.65. The van der Waals surface area contributed by atoms with E-state index >= 15 is 0 Å². The van der Waals surface area contributed by atoms with Crippen molar-refractivity contribution in [2.24, 2.45) is 5.92 Å². The number of likely N-dealkylation sites (tertiary alicyclic amines) is 1. The van der Waals surface area contributed by atoms with E-state index in [4.69, 9.17) is 0 Å². The summed E-state index contributed by atoms with van der Waals surface area (Å²) in [5.41, 5.74) is -1.09. The number of nitrogens with zero attached hydrogens (tertiary/aromatic N) is 1. The average molecular weight is 349 g/mol. The maximum Gasteiger partial charge on any atom is 0.336 e. The van der Waals surface area contributed by atoms with E-state index in [-0.39, 0.29) is 34.1 Å². The van der Waals surface area contributed by atoms with Gasteiger partial charge in [-0.1, -0.05) is 6.92 Å². The van der Waals surface area contributed by atoms with Gasteiger partial charge in [0.1, 0.15) is 0 Å². The molecule has 0 aromatic heterocycles. The largest absolute Gasteiger partial charge is 0.478 e. The molecule has 1 aliphatic rings. The summed E-state index contributed by atoms with van der Waals surface area (Å²) in [5, 5.41) is 28.5. The molecule has 2 atom stereocenters. The Labute approximate surface area is 145 Å². The smallest absolute Gasteiger partial charge is 0.336 e. The van der Waals surface area contributed by atoms with E-state index in [0.29, 0.717) is 13.0 Å². The monoisotopic (exact) mass is 349 g/mol. The van der Waals surface area contributed by atoms with E-state index in [1.165, 1.54) is 6.07 Å². The predicted octanol–water partition coefficient (Wildman–Crippen LogP) is 2.62. The minimum atomic E-state index is -1.42. The third-order valence-corrected chi connectivity index (χ3v) is 5.77. The van der Waals surface area contributed by atoms with Crippen molar-refractivity contribution in [3.8, 4) is 0 Å². The van der Waals surface area contributed by atoms with Gasteiger partial charge in [-0.05, 0) is 63.4 Å². The molecular weight excluding hydrogens is 326 g/mol. The Balaban J connectivity index is 2.78. The fourth-order valence-corrected chi connectivity index (χ4v) is 3.70. The number of aromatic carboxylic acids is 3. The van der Waals surface area contributed by atoms with Gasteiger partial charge in [-0.15, -0.1) is 0 Å². The summed E-state index contributed by atoms with van der Waals surface area (Å²) >= 11 is 0. The first-order valence-electron chi connectivity index (χ1n) is 8.08. The molecule has 1 aromatic carbocycles. The van der Waals surface area contributed by atoms with E-state index in [1.54, 1.807) is 0 Å². The third-order valence-electron chi connectivity index (χ3n) is 5.77. The number of hydrogen-bond acceptors (Lipinski definition) is 4. The first-order chi connectivity index (χ1) is 11.5. The van der Waals surface area contributed by atoms with Crippen LogP contribution in [0.4, 0.5) is 0 Å². The molecule has 1 aromatic rings. The molecule has 0 aliphatic carbocycles. The van der Waals surface area contributed by atoms with Crippen molar-refractivity contribution in [2.45, 2.75) is 38.6 Å². The molecule has 0 bridgehead atoms. The van der Waals surface area contributed by atoms with E-state index in [2.05, 4.69) is 4.90 Å². The number of carbonyl (C=O) groups is 3. The van der Waals surface area contributed by atoms with Crippen LogP contribution in [0, 0.1) is 5.92 Å². The fourth-order valence-electron chi connectivity index (χ4n) is 3.70. The molecule has 2 unspecified atom stereocenters. The first kappa shape index (κ1) is 18.9. The molecule has 7 nitrogen and oxygen atoms in total. The molecule has 1 heterocycles. The normalized spacial score (nSPS) is 23.2. The van der Waals surface area contributed by atoms with E-state index in [9.17, 15) is 29.7 Å². The Morgan fingerprint density at radius 2 is 1.56 bits per heavy atom. The van der Waals surface area contributed by atoms with Gasteiger partial charge in [0.2, 0.25) is 0 Å². The van der Waals surface area contributed by atoms with Crippen LogP contribution >= 0.6 is 0 Å². The number of hydrogen-bond donors (Lipinski definition) is 3. The molecule has 1 fully saturated rings. The fraction of sp³-hybridized carbons (Fsp3) is 0.500. The molecule has 0 saturated carbocycles. The number of piperidine rings is 1. The van der Waals surface area contributed by atoms with Gasteiger partial charge in [0.25, 0.3) is 0 Å². The summed E-state index contributed by atoms with van der Waals surface area (Å²) in [6.07, 6.45) is 0.560. The lowest BCUT2D eigenvalue weighted by Crippen LogP contribution is -2.53. The molecule has 2 rings (SSSR count). The Morgan fingerprint density at radius 1 is 1.04 bits per heavy atom. The lowest BCUT2D eigenvalue weighted by molar-refractivity contribution is 0.0370. The standard InChI is InChI=1S/C18H23NO6/c1-9-10(7-8-19(4)18(9,2)3)13-11(15(20)21)5-6-12(16(22)23)14(13)17(24)25/h5-6,9-10H,7-8H2,1-4H3,(H,20,21)(H,22,23)(H,24,25).